The van der Waals surface area contributed by atoms with E-state index in [4.69, 9.17) is 10.5 Å². The summed E-state index contributed by atoms with van der Waals surface area (Å²) in [4.78, 5) is 16.1. The molecule has 0 aliphatic carbocycles. The first-order valence-corrected chi connectivity index (χ1v) is 5.99. The first-order chi connectivity index (χ1) is 8.24. The van der Waals surface area contributed by atoms with E-state index in [-0.39, 0.29) is 24.4 Å². The molecule has 17 heavy (non-hydrogen) atoms. The topological polar surface area (TPSA) is 83.0 Å². The maximum absolute atomic E-state index is 12.0. The van der Waals surface area contributed by atoms with E-state index < -0.39 is 0 Å². The summed E-state index contributed by atoms with van der Waals surface area (Å²) in [6, 6.07) is 0. The largest absolute Gasteiger partial charge is 0.366 e. The number of ether oxygens (including phenoxy) is 1. The fraction of sp³-hybridized carbons (Fsp3) is 0.727. The van der Waals surface area contributed by atoms with Crippen LogP contribution in [-0.4, -0.2) is 39.3 Å². The maximum atomic E-state index is 12.0. The fourth-order valence-electron chi connectivity index (χ4n) is 2.07. The van der Waals surface area contributed by atoms with Gasteiger partial charge in [-0.25, -0.2) is 9.67 Å². The Morgan fingerprint density at radius 2 is 2.47 bits per heavy atom. The van der Waals surface area contributed by atoms with E-state index in [1.54, 1.807) is 4.68 Å². The van der Waals surface area contributed by atoms with Gasteiger partial charge in [-0.15, -0.1) is 0 Å². The summed E-state index contributed by atoms with van der Waals surface area (Å²) in [6.45, 7) is 3.17. The van der Waals surface area contributed by atoms with Gasteiger partial charge in [0.25, 0.3) is 0 Å². The molecule has 1 aliphatic heterocycles. The molecule has 6 nitrogen and oxygen atoms in total. The normalized spacial score (nSPS) is 24.1. The van der Waals surface area contributed by atoms with Gasteiger partial charge in [0, 0.05) is 13.1 Å². The third-order valence-corrected chi connectivity index (χ3v) is 3.06. The summed E-state index contributed by atoms with van der Waals surface area (Å²) in [5.41, 5.74) is 5.52. The summed E-state index contributed by atoms with van der Waals surface area (Å²) in [6.07, 6.45) is 3.12. The molecule has 0 spiro atoms. The van der Waals surface area contributed by atoms with Crippen molar-refractivity contribution in [3.63, 3.8) is 0 Å². The van der Waals surface area contributed by atoms with Gasteiger partial charge < -0.3 is 10.5 Å². The van der Waals surface area contributed by atoms with Gasteiger partial charge in [0.2, 0.25) is 0 Å². The number of rotatable bonds is 5. The summed E-state index contributed by atoms with van der Waals surface area (Å²) < 4.78 is 7.29. The van der Waals surface area contributed by atoms with Crippen LogP contribution in [0.25, 0.3) is 0 Å². The Hall–Kier alpha value is -1.27. The molecule has 0 aromatic carbocycles. The van der Waals surface area contributed by atoms with Crippen LogP contribution in [0.15, 0.2) is 6.33 Å². The van der Waals surface area contributed by atoms with Gasteiger partial charge >= 0.3 is 0 Å². The van der Waals surface area contributed by atoms with Gasteiger partial charge in [0.05, 0.1) is 12.5 Å². The van der Waals surface area contributed by atoms with E-state index >= 15 is 0 Å². The van der Waals surface area contributed by atoms with Crippen LogP contribution < -0.4 is 5.73 Å². The summed E-state index contributed by atoms with van der Waals surface area (Å²) in [5, 5.41) is 4.04. The predicted octanol–water partition coefficient (Wildman–Crippen LogP) is -0.0841. The standard InChI is InChI=1S/C11H18N4O2/c1-2-15-11(13-7-14-15)5-9(16)10-4-3-8(6-12)17-10/h7-8,10H,2-6,12H2,1H3. The number of aromatic nitrogens is 3. The van der Waals surface area contributed by atoms with E-state index in [9.17, 15) is 4.79 Å². The van der Waals surface area contributed by atoms with Gasteiger partial charge in [-0.3, -0.25) is 4.79 Å². The Kier molecular flexibility index (Phi) is 3.86. The third kappa shape index (κ3) is 2.70. The predicted molar refractivity (Wildman–Crippen MR) is 61.4 cm³/mol. The molecule has 6 heteroatoms. The summed E-state index contributed by atoms with van der Waals surface area (Å²) >= 11 is 0. The van der Waals surface area contributed by atoms with Crippen LogP contribution >= 0.6 is 0 Å². The number of hydrogen-bond donors (Lipinski definition) is 1. The van der Waals surface area contributed by atoms with Crippen LogP contribution in [0.1, 0.15) is 25.6 Å². The highest BCUT2D eigenvalue weighted by molar-refractivity contribution is 5.84. The molecule has 1 saturated heterocycles. The van der Waals surface area contributed by atoms with Gasteiger partial charge in [-0.2, -0.15) is 5.10 Å². The lowest BCUT2D eigenvalue weighted by molar-refractivity contribution is -0.129. The molecule has 2 rings (SSSR count). The van der Waals surface area contributed by atoms with E-state index in [0.717, 1.165) is 19.4 Å². The zero-order valence-corrected chi connectivity index (χ0v) is 10.0. The van der Waals surface area contributed by atoms with Crippen molar-refractivity contribution in [2.24, 2.45) is 5.73 Å². The number of hydrogen-bond acceptors (Lipinski definition) is 5. The lowest BCUT2D eigenvalue weighted by Crippen LogP contribution is -2.27. The molecular weight excluding hydrogens is 220 g/mol. The second kappa shape index (κ2) is 5.37. The molecule has 0 saturated carbocycles. The van der Waals surface area contributed by atoms with Gasteiger partial charge in [-0.05, 0) is 19.8 Å². The Bertz CT molecular complexity index is 391. The average Bonchev–Trinajstić information content (AvgIpc) is 2.96. The second-order valence-corrected chi connectivity index (χ2v) is 4.19. The molecular formula is C11H18N4O2. The van der Waals surface area contributed by atoms with Gasteiger partial charge in [-0.1, -0.05) is 0 Å². The van der Waals surface area contributed by atoms with Crippen LogP contribution in [0.3, 0.4) is 0 Å². The van der Waals surface area contributed by atoms with Crippen molar-refractivity contribution in [2.45, 2.75) is 44.9 Å². The highest BCUT2D eigenvalue weighted by Crippen LogP contribution is 2.20. The molecule has 2 atom stereocenters. The summed E-state index contributed by atoms with van der Waals surface area (Å²) in [5.74, 6) is 0.779. The fourth-order valence-corrected chi connectivity index (χ4v) is 2.07. The van der Waals surface area contributed by atoms with Crippen molar-refractivity contribution in [1.82, 2.24) is 14.8 Å². The van der Waals surface area contributed by atoms with Gasteiger partial charge in [0.15, 0.2) is 5.78 Å². The quantitative estimate of drug-likeness (QED) is 0.775. The lowest BCUT2D eigenvalue weighted by atomic mass is 10.1. The SMILES string of the molecule is CCn1ncnc1CC(=O)C1CCC(CN)O1. The second-order valence-electron chi connectivity index (χ2n) is 4.19. The molecule has 1 fully saturated rings. The minimum absolute atomic E-state index is 0.0352. The molecule has 2 N–H and O–H groups in total. The third-order valence-electron chi connectivity index (χ3n) is 3.06. The molecule has 1 aromatic rings. The van der Waals surface area contributed by atoms with Crippen molar-refractivity contribution in [2.75, 3.05) is 6.54 Å². The van der Waals surface area contributed by atoms with E-state index in [2.05, 4.69) is 10.1 Å². The molecule has 94 valence electrons. The van der Waals surface area contributed by atoms with Crippen LogP contribution in [-0.2, 0) is 22.5 Å². The monoisotopic (exact) mass is 238 g/mol. The zero-order chi connectivity index (χ0) is 12.3. The number of carbonyl (C=O) groups excluding carboxylic acids is 1. The van der Waals surface area contributed by atoms with Crippen molar-refractivity contribution in [1.29, 1.82) is 0 Å². The van der Waals surface area contributed by atoms with Crippen LogP contribution in [0.4, 0.5) is 0 Å². The first kappa shape index (κ1) is 12.2. The molecule has 2 unspecified atom stereocenters. The number of nitrogens with two attached hydrogens (primary N) is 1. The molecule has 1 aromatic heterocycles. The molecule has 1 aliphatic rings. The number of ketones is 1. The summed E-state index contributed by atoms with van der Waals surface area (Å²) in [7, 11) is 0. The number of carbonyl (C=O) groups is 1. The number of Topliss-reactive ketones (excluding diaryl/α,β-unsaturated/α-hetero) is 1. The highest BCUT2D eigenvalue weighted by Gasteiger charge is 2.30. The minimum atomic E-state index is -0.314. The average molecular weight is 238 g/mol. The smallest absolute Gasteiger partial charge is 0.169 e. The number of aryl methyl sites for hydroxylation is 1. The first-order valence-electron chi connectivity index (χ1n) is 5.99. The molecule has 2 heterocycles. The highest BCUT2D eigenvalue weighted by atomic mass is 16.5. The zero-order valence-electron chi connectivity index (χ0n) is 10.0. The Morgan fingerprint density at radius 3 is 3.12 bits per heavy atom. The van der Waals surface area contributed by atoms with Crippen LogP contribution in [0, 0.1) is 0 Å². The molecule has 0 radical (unpaired) electrons. The van der Waals surface area contributed by atoms with Crippen molar-refractivity contribution in [3.05, 3.63) is 12.2 Å². The van der Waals surface area contributed by atoms with E-state index in [1.807, 2.05) is 6.92 Å². The molecule has 0 bridgehead atoms. The molecule has 0 amide bonds. The number of nitrogens with zero attached hydrogens (tertiary/aromatic N) is 3. The van der Waals surface area contributed by atoms with E-state index in [1.165, 1.54) is 6.33 Å². The maximum Gasteiger partial charge on any atom is 0.169 e. The Morgan fingerprint density at radius 1 is 1.65 bits per heavy atom. The lowest BCUT2D eigenvalue weighted by Gasteiger charge is -2.11. The minimum Gasteiger partial charge on any atom is -0.366 e. The Balaban J connectivity index is 1.93. The Labute approximate surface area is 100 Å². The van der Waals surface area contributed by atoms with Crippen LogP contribution in [0.2, 0.25) is 0 Å². The van der Waals surface area contributed by atoms with E-state index in [0.29, 0.717) is 12.4 Å². The van der Waals surface area contributed by atoms with Crippen molar-refractivity contribution < 1.29 is 9.53 Å². The van der Waals surface area contributed by atoms with Crippen molar-refractivity contribution in [3.8, 4) is 0 Å². The van der Waals surface area contributed by atoms with Crippen molar-refractivity contribution >= 4 is 5.78 Å². The van der Waals surface area contributed by atoms with Crippen LogP contribution in [0.5, 0.6) is 0 Å². The van der Waals surface area contributed by atoms with Gasteiger partial charge in [0.1, 0.15) is 18.3 Å².